The van der Waals surface area contributed by atoms with E-state index in [1.54, 1.807) is 0 Å². The predicted octanol–water partition coefficient (Wildman–Crippen LogP) is -2.02. The van der Waals surface area contributed by atoms with Crippen LogP contribution in [0.5, 0.6) is 0 Å². The summed E-state index contributed by atoms with van der Waals surface area (Å²) in [6.07, 6.45) is 3.60. The molecular weight excluding hydrogens is 255 g/mol. The van der Waals surface area contributed by atoms with E-state index in [1.807, 2.05) is 20.8 Å². The monoisotopic (exact) mass is 276 g/mol. The Morgan fingerprint density at radius 3 is 2.26 bits per heavy atom. The van der Waals surface area contributed by atoms with Crippen molar-refractivity contribution in [1.29, 1.82) is 0 Å². The van der Waals surface area contributed by atoms with Gasteiger partial charge in [-0.05, 0) is 12.3 Å². The second-order valence-electron chi connectivity index (χ2n) is 4.76. The normalized spacial score (nSPS) is 22.8. The maximum Gasteiger partial charge on any atom is 1.00 e. The number of unbranched alkanes of at least 4 members (excludes halogenated alkanes) is 1. The number of hydrogen-bond acceptors (Lipinski definition) is 3. The molecule has 1 aliphatic heterocycles. The van der Waals surface area contributed by atoms with E-state index < -0.39 is 23.3 Å². The second kappa shape index (κ2) is 8.02. The van der Waals surface area contributed by atoms with Gasteiger partial charge in [-0.2, -0.15) is 0 Å². The van der Waals surface area contributed by atoms with Gasteiger partial charge in [0, 0.05) is 0 Å². The van der Waals surface area contributed by atoms with E-state index in [1.165, 1.54) is 0 Å². The number of rotatable bonds is 6. The number of nitrogens with one attached hydrogen (secondary N) is 1. The van der Waals surface area contributed by atoms with Crippen molar-refractivity contribution in [3.8, 4) is 0 Å². The van der Waals surface area contributed by atoms with Crippen LogP contribution in [-0.2, 0) is 9.59 Å². The number of aliphatic imine (C=N–C) groups is 1. The maximum absolute atomic E-state index is 12.2. The number of carbonyl (C=O) groups is 2. The molecule has 0 aromatic heterocycles. The first-order valence-electron chi connectivity index (χ1n) is 6.64. The summed E-state index contributed by atoms with van der Waals surface area (Å²) in [5, 5.41) is 13.3. The fourth-order valence-corrected chi connectivity index (χ4v) is 2.75. The molecular formula is C13H21N2NaO3. The van der Waals surface area contributed by atoms with E-state index in [-0.39, 0.29) is 35.5 Å². The second-order valence-corrected chi connectivity index (χ2v) is 4.76. The van der Waals surface area contributed by atoms with Crippen molar-refractivity contribution in [3.05, 3.63) is 0 Å². The molecule has 0 saturated heterocycles. The smallest absolute Gasteiger partial charge is 0.846 e. The molecule has 0 radical (unpaired) electrons. The van der Waals surface area contributed by atoms with E-state index in [9.17, 15) is 14.7 Å². The third-order valence-electron chi connectivity index (χ3n) is 3.82. The predicted molar refractivity (Wildman–Crippen MR) is 66.6 cm³/mol. The van der Waals surface area contributed by atoms with Gasteiger partial charge in [-0.3, -0.25) is 9.59 Å². The van der Waals surface area contributed by atoms with E-state index in [2.05, 4.69) is 10.3 Å². The summed E-state index contributed by atoms with van der Waals surface area (Å²) in [4.78, 5) is 27.8. The Kier molecular flexibility index (Phi) is 7.86. The van der Waals surface area contributed by atoms with Gasteiger partial charge in [-0.25, -0.2) is 4.99 Å². The van der Waals surface area contributed by atoms with E-state index in [0.717, 1.165) is 25.7 Å². The van der Waals surface area contributed by atoms with Gasteiger partial charge in [0.2, 0.25) is 5.91 Å². The first-order valence-corrected chi connectivity index (χ1v) is 6.64. The van der Waals surface area contributed by atoms with Crippen LogP contribution in [0.4, 0.5) is 0 Å². The molecule has 0 aromatic rings. The summed E-state index contributed by atoms with van der Waals surface area (Å²) in [6.45, 7) is 5.92. The Bertz CT molecular complexity index is 367. The molecule has 0 aliphatic carbocycles. The molecule has 6 heteroatoms. The third kappa shape index (κ3) is 3.58. The third-order valence-corrected chi connectivity index (χ3v) is 3.82. The minimum atomic E-state index is -1.13. The van der Waals surface area contributed by atoms with Crippen LogP contribution in [0, 0.1) is 11.3 Å². The van der Waals surface area contributed by atoms with Crippen molar-refractivity contribution in [3.63, 3.8) is 0 Å². The first-order chi connectivity index (χ1) is 8.52. The van der Waals surface area contributed by atoms with Crippen LogP contribution in [0.1, 0.15) is 52.9 Å². The standard InChI is InChI=1S/C13H22N2O3.Na/c1-4-7-8-13(9(5-2)6-3)10(16)14-12(18)15-11(13)17;/h9H,4-8H2,1-3H3,(H2,14,15,16,17,18);/q;+1/p-1. The zero-order valence-corrected chi connectivity index (χ0v) is 14.3. The molecule has 0 aromatic carbocycles. The molecule has 1 atom stereocenters. The van der Waals surface area contributed by atoms with Gasteiger partial charge in [0.1, 0.15) is 5.41 Å². The summed E-state index contributed by atoms with van der Waals surface area (Å²) in [5.41, 5.74) is -1.13. The van der Waals surface area contributed by atoms with Crippen LogP contribution in [0.25, 0.3) is 0 Å². The molecule has 1 N–H and O–H groups in total. The Hall–Kier alpha value is -0.390. The summed E-state index contributed by atoms with van der Waals surface area (Å²) in [6, 6.07) is -0.830. The van der Waals surface area contributed by atoms with E-state index >= 15 is 0 Å². The number of hydrogen-bond donors (Lipinski definition) is 1. The summed E-state index contributed by atoms with van der Waals surface area (Å²) in [5.74, 6) is -1.08. The molecule has 1 heterocycles. The average Bonchev–Trinajstić information content (AvgIpc) is 2.32. The molecule has 5 nitrogen and oxygen atoms in total. The number of carbonyl (C=O) groups excluding carboxylic acids is 2. The Balaban J connectivity index is 0.00000324. The largest absolute Gasteiger partial charge is 1.00 e. The fourth-order valence-electron chi connectivity index (χ4n) is 2.75. The van der Waals surface area contributed by atoms with Crippen molar-refractivity contribution >= 4 is 17.8 Å². The molecule has 0 spiro atoms. The topological polar surface area (TPSA) is 81.6 Å². The van der Waals surface area contributed by atoms with Gasteiger partial charge >= 0.3 is 29.6 Å². The summed E-state index contributed by atoms with van der Waals surface area (Å²) < 4.78 is 0. The van der Waals surface area contributed by atoms with Crippen LogP contribution in [0.2, 0.25) is 0 Å². The van der Waals surface area contributed by atoms with Crippen molar-refractivity contribution in [2.75, 3.05) is 0 Å². The maximum atomic E-state index is 12.2. The number of nitrogens with zero attached hydrogens (tertiary/aromatic N) is 1. The molecule has 19 heavy (non-hydrogen) atoms. The van der Waals surface area contributed by atoms with Crippen LogP contribution in [0.3, 0.4) is 0 Å². The summed E-state index contributed by atoms with van der Waals surface area (Å²) in [7, 11) is 0. The van der Waals surface area contributed by atoms with Crippen molar-refractivity contribution in [2.45, 2.75) is 52.9 Å². The molecule has 102 valence electrons. The number of amides is 2. The van der Waals surface area contributed by atoms with Crippen LogP contribution in [-0.4, -0.2) is 17.8 Å². The van der Waals surface area contributed by atoms with Gasteiger partial charge in [0.25, 0.3) is 5.91 Å². The van der Waals surface area contributed by atoms with Crippen LogP contribution >= 0.6 is 0 Å². The van der Waals surface area contributed by atoms with E-state index in [0.29, 0.717) is 6.42 Å². The van der Waals surface area contributed by atoms with Gasteiger partial charge in [0.05, 0.1) is 6.02 Å². The Morgan fingerprint density at radius 1 is 1.26 bits per heavy atom. The minimum absolute atomic E-state index is 0. The van der Waals surface area contributed by atoms with Gasteiger partial charge in [-0.1, -0.05) is 46.5 Å². The van der Waals surface area contributed by atoms with Crippen molar-refractivity contribution in [2.24, 2.45) is 16.3 Å². The molecule has 1 aliphatic rings. The molecule has 1 rings (SSSR count). The minimum Gasteiger partial charge on any atom is -0.846 e. The molecule has 2 amide bonds. The quantitative estimate of drug-likeness (QED) is 0.449. The molecule has 0 bridgehead atoms. The van der Waals surface area contributed by atoms with Crippen molar-refractivity contribution in [1.82, 2.24) is 5.32 Å². The number of amidine groups is 1. The zero-order valence-electron chi connectivity index (χ0n) is 12.3. The van der Waals surface area contributed by atoms with Crippen molar-refractivity contribution < 1.29 is 44.3 Å². The first kappa shape index (κ1) is 18.6. The van der Waals surface area contributed by atoms with Crippen LogP contribution in [0.15, 0.2) is 4.99 Å². The Labute approximate surface area is 136 Å². The molecule has 1 unspecified atom stereocenters. The van der Waals surface area contributed by atoms with Gasteiger partial charge in [-0.15, -0.1) is 0 Å². The summed E-state index contributed by atoms with van der Waals surface area (Å²) >= 11 is 0. The van der Waals surface area contributed by atoms with E-state index in [4.69, 9.17) is 0 Å². The van der Waals surface area contributed by atoms with Crippen LogP contribution < -0.4 is 40.0 Å². The zero-order chi connectivity index (χ0) is 13.8. The van der Waals surface area contributed by atoms with Gasteiger partial charge in [0.15, 0.2) is 0 Å². The average molecular weight is 276 g/mol. The fraction of sp³-hybridized carbons (Fsp3) is 0.769. The molecule has 0 fully saturated rings. The SMILES string of the molecule is CCCCC1(C(CC)CC)C(=O)N=C([O-])NC1=O.[Na+]. The molecule has 0 saturated carbocycles. The Morgan fingerprint density at radius 2 is 1.84 bits per heavy atom. The van der Waals surface area contributed by atoms with Gasteiger partial charge < -0.3 is 10.4 Å².